The van der Waals surface area contributed by atoms with Crippen LogP contribution in [0.25, 0.3) is 11.3 Å². The highest BCUT2D eigenvalue weighted by molar-refractivity contribution is 7.14. The van der Waals surface area contributed by atoms with Gasteiger partial charge in [0.2, 0.25) is 11.0 Å². The van der Waals surface area contributed by atoms with Crippen LogP contribution in [0, 0.1) is 10.1 Å². The minimum atomic E-state index is -0.544. The molecule has 8 nitrogen and oxygen atoms in total. The third kappa shape index (κ3) is 4.90. The molecule has 1 heterocycles. The Bertz CT molecular complexity index is 1050. The molecule has 1 aromatic heterocycles. The summed E-state index contributed by atoms with van der Waals surface area (Å²) in [7, 11) is 0. The molecule has 0 saturated heterocycles. The van der Waals surface area contributed by atoms with Crippen LogP contribution in [0.15, 0.2) is 52.9 Å². The summed E-state index contributed by atoms with van der Waals surface area (Å²) in [6.07, 6.45) is 1.45. The Morgan fingerprint density at radius 3 is 2.71 bits per heavy atom. The van der Waals surface area contributed by atoms with Crippen molar-refractivity contribution < 1.29 is 9.72 Å². The van der Waals surface area contributed by atoms with Crippen molar-refractivity contribution in [2.24, 2.45) is 5.10 Å². The molecule has 0 aliphatic heterocycles. The van der Waals surface area contributed by atoms with Gasteiger partial charge >= 0.3 is 0 Å². The lowest BCUT2D eigenvalue weighted by molar-refractivity contribution is -0.384. The molecule has 2 N–H and O–H groups in total. The van der Waals surface area contributed by atoms with Crippen LogP contribution in [0.3, 0.4) is 0 Å². The van der Waals surface area contributed by atoms with E-state index in [1.54, 1.807) is 18.2 Å². The van der Waals surface area contributed by atoms with Gasteiger partial charge in [-0.2, -0.15) is 5.10 Å². The molecule has 0 fully saturated rings. The molecular formula is C18H14ClN5O3S. The molecule has 0 atom stereocenters. The normalized spacial score (nSPS) is 10.8. The van der Waals surface area contributed by atoms with Crippen LogP contribution < -0.4 is 10.7 Å². The molecule has 2 aromatic carbocycles. The van der Waals surface area contributed by atoms with Crippen molar-refractivity contribution in [2.75, 3.05) is 10.7 Å². The van der Waals surface area contributed by atoms with Crippen molar-refractivity contribution in [3.05, 3.63) is 68.5 Å². The topological polar surface area (TPSA) is 110 Å². The van der Waals surface area contributed by atoms with Crippen LogP contribution in [0.1, 0.15) is 12.5 Å². The zero-order valence-corrected chi connectivity index (χ0v) is 16.1. The van der Waals surface area contributed by atoms with Crippen LogP contribution in [0.5, 0.6) is 0 Å². The molecule has 3 rings (SSSR count). The number of hydrogen-bond donors (Lipinski definition) is 2. The summed E-state index contributed by atoms with van der Waals surface area (Å²) in [5.41, 5.74) is 5.54. The average Bonchev–Trinajstić information content (AvgIpc) is 3.12. The van der Waals surface area contributed by atoms with Gasteiger partial charge < -0.3 is 5.32 Å². The van der Waals surface area contributed by atoms with Crippen LogP contribution in [0.2, 0.25) is 5.02 Å². The first-order valence-electron chi connectivity index (χ1n) is 7.99. The molecule has 0 aliphatic carbocycles. The van der Waals surface area contributed by atoms with E-state index < -0.39 is 4.92 Å². The lowest BCUT2D eigenvalue weighted by atomic mass is 10.1. The van der Waals surface area contributed by atoms with Gasteiger partial charge in [-0.15, -0.1) is 11.3 Å². The number of carbonyl (C=O) groups excluding carboxylic acids is 1. The molecule has 0 unspecified atom stereocenters. The maximum atomic E-state index is 11.1. The van der Waals surface area contributed by atoms with E-state index >= 15 is 0 Å². The van der Waals surface area contributed by atoms with E-state index in [1.165, 1.54) is 36.6 Å². The summed E-state index contributed by atoms with van der Waals surface area (Å²) in [4.78, 5) is 25.9. The number of anilines is 2. The van der Waals surface area contributed by atoms with Gasteiger partial charge in [-0.25, -0.2) is 4.98 Å². The number of hydrogen-bond acceptors (Lipinski definition) is 7. The number of thiazole rings is 1. The fourth-order valence-electron chi connectivity index (χ4n) is 2.30. The summed E-state index contributed by atoms with van der Waals surface area (Å²) in [5.74, 6) is -0.128. The Hall–Kier alpha value is -3.30. The Labute approximate surface area is 169 Å². The van der Waals surface area contributed by atoms with Crippen LogP contribution in [-0.2, 0) is 4.79 Å². The van der Waals surface area contributed by atoms with Crippen LogP contribution >= 0.6 is 22.9 Å². The number of nitrogens with one attached hydrogen (secondary N) is 2. The van der Waals surface area contributed by atoms with Crippen molar-refractivity contribution in [3.8, 4) is 11.3 Å². The highest BCUT2D eigenvalue weighted by atomic mass is 35.5. The predicted molar refractivity (Wildman–Crippen MR) is 111 cm³/mol. The molecule has 10 heteroatoms. The summed E-state index contributed by atoms with van der Waals surface area (Å²) >= 11 is 7.16. The fourth-order valence-corrected chi connectivity index (χ4v) is 3.15. The number of aromatic nitrogens is 1. The van der Waals surface area contributed by atoms with Crippen molar-refractivity contribution in [3.63, 3.8) is 0 Å². The SMILES string of the molecule is CC(=O)Nc1ccc(-c2csc(N/N=C\c3ccc(Cl)c([N+](=O)[O-])c3)n2)cc1. The first kappa shape index (κ1) is 19.5. The number of nitrogens with zero attached hydrogens (tertiary/aromatic N) is 3. The van der Waals surface area contributed by atoms with Gasteiger partial charge in [0.15, 0.2) is 0 Å². The third-order valence-corrected chi connectivity index (χ3v) is 4.61. The molecule has 28 heavy (non-hydrogen) atoms. The van der Waals surface area contributed by atoms with Gasteiger partial charge in [0.05, 0.1) is 16.8 Å². The maximum Gasteiger partial charge on any atom is 0.288 e. The molecule has 0 saturated carbocycles. The van der Waals surface area contributed by atoms with Crippen molar-refractivity contribution >= 4 is 51.6 Å². The molecule has 0 bridgehead atoms. The Balaban J connectivity index is 1.66. The number of nitro benzene ring substituents is 1. The van der Waals surface area contributed by atoms with Crippen LogP contribution in [0.4, 0.5) is 16.5 Å². The van der Waals surface area contributed by atoms with Gasteiger partial charge in [0, 0.05) is 35.2 Å². The first-order chi connectivity index (χ1) is 13.4. The number of benzene rings is 2. The molecule has 3 aromatic rings. The first-order valence-corrected chi connectivity index (χ1v) is 9.25. The second-order valence-corrected chi connectivity index (χ2v) is 6.90. The number of rotatable bonds is 6. The smallest absolute Gasteiger partial charge is 0.288 e. The van der Waals surface area contributed by atoms with E-state index in [9.17, 15) is 14.9 Å². The highest BCUT2D eigenvalue weighted by Crippen LogP contribution is 2.26. The molecule has 0 radical (unpaired) electrons. The molecule has 142 valence electrons. The fraction of sp³-hybridized carbons (Fsp3) is 0.0556. The molecule has 0 aliphatic rings. The minimum Gasteiger partial charge on any atom is -0.326 e. The average molecular weight is 416 g/mol. The number of hydrazone groups is 1. The van der Waals surface area contributed by atoms with Gasteiger partial charge in [0.25, 0.3) is 5.69 Å². The quantitative estimate of drug-likeness (QED) is 0.342. The highest BCUT2D eigenvalue weighted by Gasteiger charge is 2.12. The summed E-state index contributed by atoms with van der Waals surface area (Å²) in [5, 5.41) is 20.2. The standard InChI is InChI=1S/C18H14ClN5O3S/c1-11(25)21-14-5-3-13(4-6-14)16-10-28-18(22-16)23-20-9-12-2-7-15(19)17(8-12)24(26)27/h2-10H,1H3,(H,21,25)(H,22,23)/b20-9-. The van der Waals surface area contributed by atoms with Crippen LogP contribution in [-0.4, -0.2) is 22.0 Å². The van der Waals surface area contributed by atoms with E-state index in [4.69, 9.17) is 11.6 Å². The zero-order chi connectivity index (χ0) is 20.1. The van der Waals surface area contributed by atoms with E-state index in [2.05, 4.69) is 20.8 Å². The van der Waals surface area contributed by atoms with E-state index in [0.717, 1.165) is 11.3 Å². The number of amides is 1. The van der Waals surface area contributed by atoms with Crippen molar-refractivity contribution in [2.45, 2.75) is 6.92 Å². The van der Waals surface area contributed by atoms with Gasteiger partial charge in [-0.3, -0.25) is 20.3 Å². The number of halogens is 1. The summed E-state index contributed by atoms with van der Waals surface area (Å²) in [6, 6.07) is 11.7. The number of nitro groups is 1. The zero-order valence-electron chi connectivity index (χ0n) is 14.5. The number of carbonyl (C=O) groups is 1. The van der Waals surface area contributed by atoms with Crippen molar-refractivity contribution in [1.82, 2.24) is 4.98 Å². The molecule has 1 amide bonds. The molecular weight excluding hydrogens is 402 g/mol. The Morgan fingerprint density at radius 2 is 2.04 bits per heavy atom. The van der Waals surface area contributed by atoms with E-state index in [1.807, 2.05) is 17.5 Å². The minimum absolute atomic E-state index is 0.0733. The van der Waals surface area contributed by atoms with Gasteiger partial charge in [0.1, 0.15) is 5.02 Å². The summed E-state index contributed by atoms with van der Waals surface area (Å²) < 4.78 is 0. The third-order valence-electron chi connectivity index (χ3n) is 3.55. The Kier molecular flexibility index (Phi) is 5.97. The Morgan fingerprint density at radius 1 is 1.29 bits per heavy atom. The maximum absolute atomic E-state index is 11.1. The second-order valence-electron chi connectivity index (χ2n) is 5.63. The largest absolute Gasteiger partial charge is 0.326 e. The monoisotopic (exact) mass is 415 g/mol. The van der Waals surface area contributed by atoms with Gasteiger partial charge in [-0.05, 0) is 18.2 Å². The second kappa shape index (κ2) is 8.59. The predicted octanol–water partition coefficient (Wildman–Crippen LogP) is 4.78. The lowest BCUT2D eigenvalue weighted by Gasteiger charge is -2.02. The lowest BCUT2D eigenvalue weighted by Crippen LogP contribution is -2.05. The van der Waals surface area contributed by atoms with Crippen molar-refractivity contribution in [1.29, 1.82) is 0 Å². The van der Waals surface area contributed by atoms with E-state index in [0.29, 0.717) is 16.4 Å². The van der Waals surface area contributed by atoms with E-state index in [-0.39, 0.29) is 16.6 Å². The molecule has 0 spiro atoms. The summed E-state index contributed by atoms with van der Waals surface area (Å²) in [6.45, 7) is 1.45. The van der Waals surface area contributed by atoms with Gasteiger partial charge in [-0.1, -0.05) is 29.8 Å².